The lowest BCUT2D eigenvalue weighted by Crippen LogP contribution is -2.02. The van der Waals surface area contributed by atoms with Crippen molar-refractivity contribution in [1.82, 2.24) is 4.57 Å². The maximum Gasteiger partial charge on any atom is 0.0688 e. The van der Waals surface area contributed by atoms with Crippen LogP contribution in [0.25, 0.3) is 10.9 Å². The summed E-state index contributed by atoms with van der Waals surface area (Å²) < 4.78 is 2.25. The van der Waals surface area contributed by atoms with Gasteiger partial charge in [-0.1, -0.05) is 26.0 Å². The van der Waals surface area contributed by atoms with Crippen molar-refractivity contribution < 1.29 is 5.11 Å². The highest BCUT2D eigenvalue weighted by atomic mass is 16.3. The van der Waals surface area contributed by atoms with E-state index in [0.717, 1.165) is 12.1 Å². The molecule has 2 heteroatoms. The van der Waals surface area contributed by atoms with Gasteiger partial charge in [-0.05, 0) is 23.6 Å². The predicted molar refractivity (Wildman–Crippen MR) is 62.7 cm³/mol. The zero-order valence-corrected chi connectivity index (χ0v) is 9.27. The summed E-state index contributed by atoms with van der Waals surface area (Å²) in [6.45, 7) is 5.56. The van der Waals surface area contributed by atoms with Gasteiger partial charge in [0.05, 0.1) is 6.61 Å². The fourth-order valence-corrected chi connectivity index (χ4v) is 1.98. The van der Waals surface area contributed by atoms with E-state index in [4.69, 9.17) is 0 Å². The van der Waals surface area contributed by atoms with Crippen LogP contribution in [-0.4, -0.2) is 9.67 Å². The minimum absolute atomic E-state index is 0.114. The summed E-state index contributed by atoms with van der Waals surface area (Å²) in [5, 5.41) is 10.4. The fourth-order valence-electron chi connectivity index (χ4n) is 1.98. The second-order valence-electron chi connectivity index (χ2n) is 4.37. The van der Waals surface area contributed by atoms with E-state index in [-0.39, 0.29) is 6.61 Å². The summed E-state index contributed by atoms with van der Waals surface area (Å²) >= 11 is 0. The molecule has 0 atom stereocenters. The lowest BCUT2D eigenvalue weighted by molar-refractivity contribution is 0.283. The number of aliphatic hydroxyl groups is 1. The van der Waals surface area contributed by atoms with Crippen LogP contribution in [0.15, 0.2) is 30.5 Å². The molecule has 0 saturated heterocycles. The monoisotopic (exact) mass is 203 g/mol. The Kier molecular flexibility index (Phi) is 2.78. The molecule has 0 aliphatic carbocycles. The van der Waals surface area contributed by atoms with Crippen molar-refractivity contribution in [3.63, 3.8) is 0 Å². The molecule has 2 nitrogen and oxygen atoms in total. The second kappa shape index (κ2) is 4.07. The van der Waals surface area contributed by atoms with Gasteiger partial charge < -0.3 is 9.67 Å². The molecular weight excluding hydrogens is 186 g/mol. The van der Waals surface area contributed by atoms with Gasteiger partial charge in [0.1, 0.15) is 0 Å². The van der Waals surface area contributed by atoms with E-state index in [0.29, 0.717) is 5.92 Å². The molecule has 1 heterocycles. The van der Waals surface area contributed by atoms with Crippen LogP contribution in [0.1, 0.15) is 19.4 Å². The Bertz CT molecular complexity index is 457. The molecular formula is C13H17NO. The first-order chi connectivity index (χ1) is 7.22. The number of rotatable bonds is 3. The van der Waals surface area contributed by atoms with Crippen LogP contribution in [0.5, 0.6) is 0 Å². The Hall–Kier alpha value is -1.28. The largest absolute Gasteiger partial charge is 0.392 e. The Morgan fingerprint density at radius 1 is 1.27 bits per heavy atom. The zero-order valence-electron chi connectivity index (χ0n) is 9.27. The first-order valence-corrected chi connectivity index (χ1v) is 5.40. The van der Waals surface area contributed by atoms with Crippen LogP contribution < -0.4 is 0 Å². The Morgan fingerprint density at radius 2 is 2.07 bits per heavy atom. The topological polar surface area (TPSA) is 25.2 Å². The molecule has 1 N–H and O–H groups in total. The molecule has 2 aromatic rings. The van der Waals surface area contributed by atoms with E-state index < -0.39 is 0 Å². The molecule has 1 aromatic carbocycles. The normalized spacial score (nSPS) is 11.5. The number of nitrogens with zero attached hydrogens (tertiary/aromatic N) is 1. The van der Waals surface area contributed by atoms with Gasteiger partial charge in [0, 0.05) is 23.6 Å². The predicted octanol–water partition coefficient (Wildman–Crippen LogP) is 2.79. The van der Waals surface area contributed by atoms with Gasteiger partial charge in [0.25, 0.3) is 0 Å². The van der Waals surface area contributed by atoms with Crippen molar-refractivity contribution in [3.05, 3.63) is 36.0 Å². The lowest BCUT2D eigenvalue weighted by atomic mass is 10.1. The fraction of sp³-hybridized carbons (Fsp3) is 0.385. The van der Waals surface area contributed by atoms with Gasteiger partial charge in [-0.2, -0.15) is 0 Å². The lowest BCUT2D eigenvalue weighted by Gasteiger charge is -2.08. The molecule has 0 aliphatic rings. The van der Waals surface area contributed by atoms with E-state index in [1.807, 2.05) is 12.1 Å². The summed E-state index contributed by atoms with van der Waals surface area (Å²) in [4.78, 5) is 0. The molecule has 0 aliphatic heterocycles. The standard InChI is InChI=1S/C13H17NO/c1-10(2)8-14-7-6-12-11(9-15)4-3-5-13(12)14/h3-7,10,15H,8-9H2,1-2H3. The molecule has 80 valence electrons. The summed E-state index contributed by atoms with van der Waals surface area (Å²) in [5.41, 5.74) is 2.23. The van der Waals surface area contributed by atoms with E-state index in [1.165, 1.54) is 10.9 Å². The molecule has 1 aromatic heterocycles. The van der Waals surface area contributed by atoms with E-state index >= 15 is 0 Å². The molecule has 0 fully saturated rings. The van der Waals surface area contributed by atoms with Crippen molar-refractivity contribution in [1.29, 1.82) is 0 Å². The molecule has 0 spiro atoms. The number of hydrogen-bond donors (Lipinski definition) is 1. The van der Waals surface area contributed by atoms with Crippen molar-refractivity contribution >= 4 is 10.9 Å². The average Bonchev–Trinajstić information content (AvgIpc) is 2.61. The van der Waals surface area contributed by atoms with Gasteiger partial charge in [-0.15, -0.1) is 0 Å². The van der Waals surface area contributed by atoms with Crippen LogP contribution in [0.3, 0.4) is 0 Å². The molecule has 0 amide bonds. The third-order valence-corrected chi connectivity index (χ3v) is 2.64. The van der Waals surface area contributed by atoms with Gasteiger partial charge in [0.15, 0.2) is 0 Å². The first kappa shape index (κ1) is 10.2. The minimum Gasteiger partial charge on any atom is -0.392 e. The maximum absolute atomic E-state index is 9.22. The average molecular weight is 203 g/mol. The van der Waals surface area contributed by atoms with Crippen LogP contribution in [0.4, 0.5) is 0 Å². The summed E-state index contributed by atoms with van der Waals surface area (Å²) in [7, 11) is 0. The number of fused-ring (bicyclic) bond motifs is 1. The van der Waals surface area contributed by atoms with Crippen molar-refractivity contribution in [3.8, 4) is 0 Å². The quantitative estimate of drug-likeness (QED) is 0.815. The number of aliphatic hydroxyl groups excluding tert-OH is 1. The van der Waals surface area contributed by atoms with Crippen LogP contribution >= 0.6 is 0 Å². The molecule has 0 bridgehead atoms. The zero-order chi connectivity index (χ0) is 10.8. The second-order valence-corrected chi connectivity index (χ2v) is 4.37. The smallest absolute Gasteiger partial charge is 0.0688 e. The first-order valence-electron chi connectivity index (χ1n) is 5.40. The van der Waals surface area contributed by atoms with Crippen LogP contribution in [-0.2, 0) is 13.2 Å². The third-order valence-electron chi connectivity index (χ3n) is 2.64. The van der Waals surface area contributed by atoms with E-state index in [1.54, 1.807) is 0 Å². The van der Waals surface area contributed by atoms with Crippen LogP contribution in [0.2, 0.25) is 0 Å². The molecule has 2 rings (SSSR count). The van der Waals surface area contributed by atoms with E-state index in [9.17, 15) is 5.11 Å². The van der Waals surface area contributed by atoms with Crippen molar-refractivity contribution in [2.75, 3.05) is 0 Å². The number of aromatic nitrogens is 1. The highest BCUT2D eigenvalue weighted by molar-refractivity contribution is 5.83. The minimum atomic E-state index is 0.114. The van der Waals surface area contributed by atoms with Gasteiger partial charge in [-0.25, -0.2) is 0 Å². The van der Waals surface area contributed by atoms with Crippen molar-refractivity contribution in [2.24, 2.45) is 5.92 Å². The van der Waals surface area contributed by atoms with Gasteiger partial charge in [-0.3, -0.25) is 0 Å². The Balaban J connectivity index is 2.51. The van der Waals surface area contributed by atoms with Crippen LogP contribution in [0, 0.1) is 5.92 Å². The summed E-state index contributed by atoms with van der Waals surface area (Å²) in [6.07, 6.45) is 2.10. The molecule has 15 heavy (non-hydrogen) atoms. The highest BCUT2D eigenvalue weighted by Crippen LogP contribution is 2.21. The maximum atomic E-state index is 9.22. The van der Waals surface area contributed by atoms with Gasteiger partial charge in [0.2, 0.25) is 0 Å². The molecule has 0 unspecified atom stereocenters. The number of hydrogen-bond acceptors (Lipinski definition) is 1. The Labute approximate surface area is 90.2 Å². The molecule has 0 radical (unpaired) electrons. The summed E-state index contributed by atoms with van der Waals surface area (Å²) in [6, 6.07) is 8.17. The summed E-state index contributed by atoms with van der Waals surface area (Å²) in [5.74, 6) is 0.637. The SMILES string of the molecule is CC(C)Cn1ccc2c(CO)cccc21. The Morgan fingerprint density at radius 3 is 2.73 bits per heavy atom. The third kappa shape index (κ3) is 1.90. The molecule has 0 saturated carbocycles. The van der Waals surface area contributed by atoms with Crippen molar-refractivity contribution in [2.45, 2.75) is 27.0 Å². The number of benzene rings is 1. The van der Waals surface area contributed by atoms with Gasteiger partial charge >= 0.3 is 0 Å². The van der Waals surface area contributed by atoms with E-state index in [2.05, 4.69) is 36.7 Å². The highest BCUT2D eigenvalue weighted by Gasteiger charge is 2.05.